The van der Waals surface area contributed by atoms with Crippen molar-refractivity contribution in [1.82, 2.24) is 4.57 Å². The van der Waals surface area contributed by atoms with E-state index in [1.807, 2.05) is 6.92 Å². The van der Waals surface area contributed by atoms with Gasteiger partial charge in [0.1, 0.15) is 5.39 Å². The fourth-order valence-electron chi connectivity index (χ4n) is 1.48. The van der Waals surface area contributed by atoms with Gasteiger partial charge in [0.2, 0.25) is 5.52 Å². The molecule has 0 aliphatic rings. The van der Waals surface area contributed by atoms with E-state index in [0.717, 1.165) is 0 Å². The van der Waals surface area contributed by atoms with Crippen molar-refractivity contribution in [3.8, 4) is 0 Å². The smallest absolute Gasteiger partial charge is 0.264 e. The number of aromatic nitrogens is 2. The van der Waals surface area contributed by atoms with Crippen molar-refractivity contribution in [1.29, 1.82) is 0 Å². The maximum absolute atomic E-state index is 11.7. The van der Waals surface area contributed by atoms with Gasteiger partial charge in [-0.05, 0) is 13.0 Å². The van der Waals surface area contributed by atoms with Crippen LogP contribution in [0.2, 0.25) is 0 Å². The Morgan fingerprint density at radius 1 is 1.50 bits per heavy atom. The summed E-state index contributed by atoms with van der Waals surface area (Å²) in [5, 5.41) is 11.8. The van der Waals surface area contributed by atoms with E-state index in [1.54, 1.807) is 29.0 Å². The monoisotopic (exact) mass is 190 g/mol. The Bertz CT molecular complexity index is 531. The largest absolute Gasteiger partial charge is 0.618 e. The molecule has 14 heavy (non-hydrogen) atoms. The molecule has 0 saturated heterocycles. The molecule has 4 heteroatoms. The van der Waals surface area contributed by atoms with Gasteiger partial charge in [-0.3, -0.25) is 4.79 Å². The van der Waals surface area contributed by atoms with Crippen molar-refractivity contribution >= 4 is 10.9 Å². The zero-order valence-electron chi connectivity index (χ0n) is 7.80. The number of fused-ring (bicyclic) bond motifs is 1. The van der Waals surface area contributed by atoms with Crippen LogP contribution in [0.15, 0.2) is 35.4 Å². The molecule has 2 rings (SSSR count). The third-order valence-electron chi connectivity index (χ3n) is 2.24. The van der Waals surface area contributed by atoms with E-state index in [-0.39, 0.29) is 5.56 Å². The number of hydrogen-bond acceptors (Lipinski definition) is 2. The van der Waals surface area contributed by atoms with Gasteiger partial charge in [0.15, 0.2) is 6.20 Å². The molecule has 0 aliphatic carbocycles. The fourth-order valence-corrected chi connectivity index (χ4v) is 1.48. The van der Waals surface area contributed by atoms with Crippen LogP contribution < -0.4 is 10.3 Å². The summed E-state index contributed by atoms with van der Waals surface area (Å²) >= 11 is 0. The Morgan fingerprint density at radius 2 is 2.29 bits per heavy atom. The maximum atomic E-state index is 11.7. The Labute approximate surface area is 80.6 Å². The van der Waals surface area contributed by atoms with Crippen molar-refractivity contribution < 1.29 is 4.73 Å². The first-order valence-electron chi connectivity index (χ1n) is 4.45. The van der Waals surface area contributed by atoms with Crippen molar-refractivity contribution in [2.24, 2.45) is 0 Å². The maximum Gasteiger partial charge on any atom is 0.264 e. The van der Waals surface area contributed by atoms with Gasteiger partial charge in [-0.15, -0.1) is 0 Å². The SMILES string of the molecule is CCn1ccc2c(ccc[n+]2[O-])c1=O. The molecule has 2 heterocycles. The van der Waals surface area contributed by atoms with Crippen molar-refractivity contribution in [2.45, 2.75) is 13.5 Å². The van der Waals surface area contributed by atoms with Crippen LogP contribution in [0.4, 0.5) is 0 Å². The van der Waals surface area contributed by atoms with Gasteiger partial charge in [-0.2, -0.15) is 4.73 Å². The minimum atomic E-state index is -0.116. The predicted molar refractivity (Wildman–Crippen MR) is 52.8 cm³/mol. The zero-order chi connectivity index (χ0) is 10.1. The van der Waals surface area contributed by atoms with E-state index in [1.165, 1.54) is 6.20 Å². The second-order valence-corrected chi connectivity index (χ2v) is 3.04. The highest BCUT2D eigenvalue weighted by Crippen LogP contribution is 2.02. The highest BCUT2D eigenvalue weighted by molar-refractivity contribution is 5.73. The normalized spacial score (nSPS) is 10.6. The molecule has 2 aromatic heterocycles. The molecule has 0 atom stereocenters. The Balaban J connectivity index is 2.91. The van der Waals surface area contributed by atoms with E-state index in [9.17, 15) is 10.0 Å². The third kappa shape index (κ3) is 1.16. The second kappa shape index (κ2) is 3.14. The first-order chi connectivity index (χ1) is 6.74. The van der Waals surface area contributed by atoms with Crippen LogP contribution in [-0.2, 0) is 6.54 Å². The fraction of sp³-hybridized carbons (Fsp3) is 0.200. The van der Waals surface area contributed by atoms with Crippen LogP contribution in [0, 0.1) is 5.21 Å². The van der Waals surface area contributed by atoms with Crippen molar-refractivity contribution in [3.63, 3.8) is 0 Å². The molecule has 0 aliphatic heterocycles. The van der Waals surface area contributed by atoms with Gasteiger partial charge in [0, 0.05) is 24.9 Å². The molecule has 0 saturated carbocycles. The molecule has 0 aromatic carbocycles. The standard InChI is InChI=1S/C10H10N2O2/c1-2-11-7-5-9-8(10(11)13)4-3-6-12(9)14/h3-7H,2H2,1H3. The van der Waals surface area contributed by atoms with Gasteiger partial charge in [0.05, 0.1) is 0 Å². The van der Waals surface area contributed by atoms with Crippen molar-refractivity contribution in [2.75, 3.05) is 0 Å². The molecular weight excluding hydrogens is 180 g/mol. The van der Waals surface area contributed by atoms with Gasteiger partial charge in [-0.25, -0.2) is 0 Å². The summed E-state index contributed by atoms with van der Waals surface area (Å²) in [5.74, 6) is 0. The predicted octanol–water partition coefficient (Wildman–Crippen LogP) is 0.655. The Kier molecular flexibility index (Phi) is 1.96. The van der Waals surface area contributed by atoms with E-state index in [0.29, 0.717) is 22.2 Å². The molecule has 2 aromatic rings. The first kappa shape index (κ1) is 8.74. The molecule has 4 nitrogen and oxygen atoms in total. The molecule has 0 fully saturated rings. The summed E-state index contributed by atoms with van der Waals surface area (Å²) in [7, 11) is 0. The molecule has 72 valence electrons. The molecule has 0 amide bonds. The molecular formula is C10H10N2O2. The lowest BCUT2D eigenvalue weighted by Gasteiger charge is -2.03. The first-order valence-corrected chi connectivity index (χ1v) is 4.45. The molecule has 0 radical (unpaired) electrons. The summed E-state index contributed by atoms with van der Waals surface area (Å²) in [6.45, 7) is 2.50. The summed E-state index contributed by atoms with van der Waals surface area (Å²) in [6.07, 6.45) is 3.02. The quantitative estimate of drug-likeness (QED) is 0.489. The number of aryl methyl sites for hydroxylation is 1. The van der Waals surface area contributed by atoms with Crippen LogP contribution in [0.3, 0.4) is 0 Å². The number of nitrogens with zero attached hydrogens (tertiary/aromatic N) is 2. The summed E-state index contributed by atoms with van der Waals surface area (Å²) in [4.78, 5) is 11.7. The lowest BCUT2D eigenvalue weighted by Crippen LogP contribution is -2.29. The molecule has 0 unspecified atom stereocenters. The van der Waals surface area contributed by atoms with Gasteiger partial charge in [-0.1, -0.05) is 0 Å². The highest BCUT2D eigenvalue weighted by Gasteiger charge is 2.07. The lowest BCUT2D eigenvalue weighted by atomic mass is 10.2. The highest BCUT2D eigenvalue weighted by atomic mass is 16.5. The van der Waals surface area contributed by atoms with Crippen LogP contribution in [0.1, 0.15) is 6.92 Å². The molecule has 0 bridgehead atoms. The van der Waals surface area contributed by atoms with Crippen LogP contribution in [0.25, 0.3) is 10.9 Å². The summed E-state index contributed by atoms with van der Waals surface area (Å²) in [6, 6.07) is 4.90. The zero-order valence-corrected chi connectivity index (χ0v) is 7.80. The summed E-state index contributed by atoms with van der Waals surface area (Å²) < 4.78 is 2.28. The average molecular weight is 190 g/mol. The average Bonchev–Trinajstić information content (AvgIpc) is 2.20. The number of hydrogen-bond donors (Lipinski definition) is 0. The van der Waals surface area contributed by atoms with E-state index >= 15 is 0 Å². The third-order valence-corrected chi connectivity index (χ3v) is 2.24. The molecule has 0 spiro atoms. The van der Waals surface area contributed by atoms with Crippen LogP contribution in [-0.4, -0.2) is 4.57 Å². The van der Waals surface area contributed by atoms with Gasteiger partial charge < -0.3 is 9.77 Å². The second-order valence-electron chi connectivity index (χ2n) is 3.04. The van der Waals surface area contributed by atoms with Crippen LogP contribution in [0.5, 0.6) is 0 Å². The minimum absolute atomic E-state index is 0.116. The Hall–Kier alpha value is -1.84. The van der Waals surface area contributed by atoms with E-state index < -0.39 is 0 Å². The minimum Gasteiger partial charge on any atom is -0.618 e. The van der Waals surface area contributed by atoms with Gasteiger partial charge >= 0.3 is 0 Å². The molecule has 0 N–H and O–H groups in total. The Morgan fingerprint density at radius 3 is 3.00 bits per heavy atom. The number of pyridine rings is 2. The van der Waals surface area contributed by atoms with Crippen LogP contribution >= 0.6 is 0 Å². The van der Waals surface area contributed by atoms with Crippen molar-refractivity contribution in [3.05, 3.63) is 46.2 Å². The van der Waals surface area contributed by atoms with E-state index in [2.05, 4.69) is 0 Å². The lowest BCUT2D eigenvalue weighted by molar-refractivity contribution is -0.577. The topological polar surface area (TPSA) is 48.9 Å². The van der Waals surface area contributed by atoms with Gasteiger partial charge in [0.25, 0.3) is 5.56 Å². The van der Waals surface area contributed by atoms with E-state index in [4.69, 9.17) is 0 Å². The summed E-state index contributed by atoms with van der Waals surface area (Å²) in [5.41, 5.74) is 0.303. The number of rotatable bonds is 1.